The van der Waals surface area contributed by atoms with Gasteiger partial charge in [0.05, 0.1) is 23.7 Å². The van der Waals surface area contributed by atoms with Crippen LogP contribution in [0.2, 0.25) is 0 Å². The number of rotatable bonds is 12. The molecule has 1 atom stereocenters. The number of hydrogen-bond acceptors (Lipinski definition) is 11. The van der Waals surface area contributed by atoms with E-state index in [1.807, 2.05) is 0 Å². The summed E-state index contributed by atoms with van der Waals surface area (Å²) in [5.74, 6) is -1.26. The van der Waals surface area contributed by atoms with Gasteiger partial charge in [0.1, 0.15) is 16.4 Å². The number of unbranched alkanes of at least 4 members (excludes halogenated alkanes) is 1. The molecule has 48 heavy (non-hydrogen) atoms. The van der Waals surface area contributed by atoms with Crippen LogP contribution in [0.1, 0.15) is 70.1 Å². The van der Waals surface area contributed by atoms with Crippen LogP contribution in [0.15, 0.2) is 41.5 Å². The first kappa shape index (κ1) is 36.0. The molecule has 3 aromatic rings. The van der Waals surface area contributed by atoms with Crippen LogP contribution < -0.4 is 15.4 Å². The first-order valence-electron chi connectivity index (χ1n) is 15.1. The molecule has 1 unspecified atom stereocenters. The topological polar surface area (TPSA) is 161 Å². The molecule has 1 aromatic carbocycles. The van der Waals surface area contributed by atoms with E-state index in [9.17, 15) is 27.6 Å². The standard InChI is InChI=1S/C31H35F3N8O5S/c1-18-23(19(2)42(41-18)29(45)47-30(3,4)5)17-26(44)36-28-40-39-27(48-28)12-7-6-10-21-13-14-24(38-37-21)35-25(43)16-20-9-8-11-22(15-20)46-31(32,33)34/h8-9,11,13-15,23H,6-7,10,12,16-17H2,1-5H3,(H-,35,36,38,40,43,44)/p+1. The molecule has 2 N–H and O–H groups in total. The molecule has 0 bridgehead atoms. The van der Waals surface area contributed by atoms with E-state index in [1.54, 1.807) is 46.8 Å². The predicted molar refractivity (Wildman–Crippen MR) is 171 cm³/mol. The lowest BCUT2D eigenvalue weighted by Crippen LogP contribution is -2.31. The number of hydrogen-bond donors (Lipinski definition) is 2. The summed E-state index contributed by atoms with van der Waals surface area (Å²) in [4.78, 5) is 37.6. The average molecular weight is 690 g/mol. The molecule has 256 valence electrons. The van der Waals surface area contributed by atoms with Gasteiger partial charge in [-0.2, -0.15) is 9.89 Å². The molecule has 0 saturated heterocycles. The van der Waals surface area contributed by atoms with Crippen molar-refractivity contribution in [1.29, 1.82) is 0 Å². The lowest BCUT2D eigenvalue weighted by Gasteiger charge is -2.15. The van der Waals surface area contributed by atoms with Crippen molar-refractivity contribution in [1.82, 2.24) is 20.4 Å². The summed E-state index contributed by atoms with van der Waals surface area (Å²) in [5, 5.41) is 27.2. The monoisotopic (exact) mass is 689 g/mol. The minimum absolute atomic E-state index is 0.0908. The molecule has 13 nitrogen and oxygen atoms in total. The van der Waals surface area contributed by atoms with E-state index in [0.717, 1.165) is 35.7 Å². The predicted octanol–water partition coefficient (Wildman–Crippen LogP) is 5.72. The van der Waals surface area contributed by atoms with E-state index in [-0.39, 0.29) is 30.5 Å². The van der Waals surface area contributed by atoms with Gasteiger partial charge in [0.15, 0.2) is 5.82 Å². The van der Waals surface area contributed by atoms with E-state index in [4.69, 9.17) is 4.74 Å². The Labute approximate surface area is 278 Å². The SMILES string of the molecule is CC1=N[N+](C(=O)OC(C)(C)C)=C(C)C1CC(=O)Nc1nnc(CCCCc2ccc(NC(=O)Cc3cccc(OC(F)(F)F)c3)nn2)s1. The molecule has 0 radical (unpaired) electrons. The molecule has 0 saturated carbocycles. The number of benzene rings is 1. The minimum Gasteiger partial charge on any atom is -0.406 e. The molecule has 3 heterocycles. The molecule has 1 aliphatic heterocycles. The molecule has 0 aliphatic carbocycles. The van der Waals surface area contributed by atoms with Crippen molar-refractivity contribution in [2.75, 3.05) is 10.6 Å². The molecular formula is C31H36F3N8O5S+. The Balaban J connectivity index is 1.17. The highest BCUT2D eigenvalue weighted by atomic mass is 32.1. The first-order valence-corrected chi connectivity index (χ1v) is 15.9. The fraction of sp³-hybridized carbons (Fsp3) is 0.452. The molecule has 2 aromatic heterocycles. The van der Waals surface area contributed by atoms with Gasteiger partial charge in [-0.25, -0.2) is 0 Å². The van der Waals surface area contributed by atoms with Crippen LogP contribution in [0.5, 0.6) is 5.75 Å². The molecule has 0 fully saturated rings. The Morgan fingerprint density at radius 3 is 2.38 bits per heavy atom. The maximum absolute atomic E-state index is 12.8. The van der Waals surface area contributed by atoms with Crippen LogP contribution in [0.3, 0.4) is 0 Å². The third kappa shape index (κ3) is 11.2. The van der Waals surface area contributed by atoms with Crippen molar-refractivity contribution >= 4 is 51.6 Å². The van der Waals surface area contributed by atoms with Crippen molar-refractivity contribution in [2.45, 2.75) is 85.1 Å². The maximum atomic E-state index is 12.8. The molecule has 0 spiro atoms. The Hall–Kier alpha value is -4.80. The quantitative estimate of drug-likeness (QED) is 0.179. The number of nitrogens with zero attached hydrogens (tertiary/aromatic N) is 6. The summed E-state index contributed by atoms with van der Waals surface area (Å²) in [6, 6.07) is 8.55. The van der Waals surface area contributed by atoms with E-state index in [1.165, 1.54) is 28.2 Å². The van der Waals surface area contributed by atoms with Gasteiger partial charge in [0, 0.05) is 29.6 Å². The largest absolute Gasteiger partial charge is 0.628 e. The maximum Gasteiger partial charge on any atom is 0.628 e. The number of aryl methyl sites for hydroxylation is 2. The Kier molecular flexibility index (Phi) is 11.6. The molecular weight excluding hydrogens is 653 g/mol. The van der Waals surface area contributed by atoms with E-state index in [0.29, 0.717) is 35.0 Å². The number of hydrazone groups is 1. The Morgan fingerprint density at radius 2 is 1.69 bits per heavy atom. The molecule has 1 aliphatic rings. The van der Waals surface area contributed by atoms with Crippen molar-refractivity contribution in [3.05, 3.63) is 52.7 Å². The van der Waals surface area contributed by atoms with E-state index in [2.05, 4.69) is 40.9 Å². The van der Waals surface area contributed by atoms with E-state index >= 15 is 0 Å². The van der Waals surface area contributed by atoms with Gasteiger partial charge in [-0.1, -0.05) is 23.5 Å². The van der Waals surface area contributed by atoms with Gasteiger partial charge in [0.25, 0.3) is 0 Å². The number of amides is 3. The third-order valence-corrected chi connectivity index (χ3v) is 7.73. The lowest BCUT2D eigenvalue weighted by molar-refractivity contribution is -0.453. The number of anilines is 2. The van der Waals surface area contributed by atoms with E-state index < -0.39 is 29.7 Å². The van der Waals surface area contributed by atoms with Crippen LogP contribution in [-0.2, 0) is 33.6 Å². The summed E-state index contributed by atoms with van der Waals surface area (Å²) in [7, 11) is 0. The van der Waals surface area contributed by atoms with Crippen molar-refractivity contribution < 1.29 is 41.7 Å². The number of aromatic nitrogens is 4. The second-order valence-corrected chi connectivity index (χ2v) is 13.1. The average Bonchev–Trinajstić information content (AvgIpc) is 3.53. The van der Waals surface area contributed by atoms with Gasteiger partial charge in [0.2, 0.25) is 22.7 Å². The van der Waals surface area contributed by atoms with Gasteiger partial charge >= 0.3 is 12.5 Å². The fourth-order valence-corrected chi connectivity index (χ4v) is 5.47. The zero-order valence-electron chi connectivity index (χ0n) is 27.1. The Bertz CT molecular complexity index is 1700. The third-order valence-electron chi connectivity index (χ3n) is 6.83. The summed E-state index contributed by atoms with van der Waals surface area (Å²) in [6.07, 6.45) is -2.64. The normalized spacial score (nSPS) is 14.8. The van der Waals surface area contributed by atoms with Crippen LogP contribution in [-0.4, -0.2) is 66.4 Å². The Morgan fingerprint density at radius 1 is 0.938 bits per heavy atom. The fourth-order valence-electron chi connectivity index (χ4n) is 4.67. The molecule has 4 rings (SSSR count). The highest BCUT2D eigenvalue weighted by Gasteiger charge is 2.40. The first-order chi connectivity index (χ1) is 22.5. The second kappa shape index (κ2) is 15.4. The number of ether oxygens (including phenoxy) is 2. The van der Waals surface area contributed by atoms with Gasteiger partial charge in [-0.05, 0) is 76.8 Å². The van der Waals surface area contributed by atoms with Gasteiger partial charge in [-0.3, -0.25) is 9.59 Å². The number of carbonyl (C=O) groups excluding carboxylic acids is 3. The highest BCUT2D eigenvalue weighted by Crippen LogP contribution is 2.24. The second-order valence-electron chi connectivity index (χ2n) is 12.0. The minimum atomic E-state index is -4.82. The summed E-state index contributed by atoms with van der Waals surface area (Å²) in [5.41, 5.74) is 1.65. The molecule has 3 amide bonds. The van der Waals surface area contributed by atoms with Crippen LogP contribution in [0, 0.1) is 5.92 Å². The van der Waals surface area contributed by atoms with Crippen LogP contribution in [0.25, 0.3) is 0 Å². The zero-order chi connectivity index (χ0) is 35.1. The summed E-state index contributed by atoms with van der Waals surface area (Å²) in [6.45, 7) is 8.82. The highest BCUT2D eigenvalue weighted by molar-refractivity contribution is 7.15. The summed E-state index contributed by atoms with van der Waals surface area (Å²) >= 11 is 1.29. The van der Waals surface area contributed by atoms with Crippen LogP contribution in [0.4, 0.5) is 28.9 Å². The van der Waals surface area contributed by atoms with Gasteiger partial charge < -0.3 is 20.1 Å². The summed E-state index contributed by atoms with van der Waals surface area (Å²) < 4.78 is 47.8. The van der Waals surface area contributed by atoms with Crippen LogP contribution >= 0.6 is 11.3 Å². The smallest absolute Gasteiger partial charge is 0.406 e. The van der Waals surface area contributed by atoms with Crippen molar-refractivity contribution in [3.8, 4) is 5.75 Å². The van der Waals surface area contributed by atoms with Crippen molar-refractivity contribution in [2.24, 2.45) is 11.0 Å². The number of nitrogens with one attached hydrogen (secondary N) is 2. The number of halogens is 3. The zero-order valence-corrected chi connectivity index (χ0v) is 27.9. The van der Waals surface area contributed by atoms with Gasteiger partial charge in [-0.15, -0.1) is 28.5 Å². The number of alkyl halides is 3. The van der Waals surface area contributed by atoms with Crippen molar-refractivity contribution in [3.63, 3.8) is 0 Å². The molecule has 17 heteroatoms. The number of carbonyl (C=O) groups is 3. The lowest BCUT2D eigenvalue weighted by atomic mass is 9.96.